The predicted octanol–water partition coefficient (Wildman–Crippen LogP) is 1.52. The highest BCUT2D eigenvalue weighted by atomic mass is 32.2. The van der Waals surface area contributed by atoms with Crippen LogP contribution in [0, 0.1) is 5.92 Å². The predicted molar refractivity (Wildman–Crippen MR) is 68.4 cm³/mol. The summed E-state index contributed by atoms with van der Waals surface area (Å²) in [6, 6.07) is 0. The zero-order valence-electron chi connectivity index (χ0n) is 10.00. The van der Waals surface area contributed by atoms with Gasteiger partial charge in [-0.3, -0.25) is 4.79 Å². The number of hydrogen-bond donors (Lipinski definition) is 2. The Labute approximate surface area is 102 Å². The highest BCUT2D eigenvalue weighted by Gasteiger charge is 2.43. The van der Waals surface area contributed by atoms with Crippen molar-refractivity contribution in [2.45, 2.75) is 49.8 Å². The van der Waals surface area contributed by atoms with Crippen molar-refractivity contribution in [3.8, 4) is 0 Å². The van der Waals surface area contributed by atoms with E-state index in [1.807, 2.05) is 18.7 Å². The quantitative estimate of drug-likeness (QED) is 0.786. The molecule has 1 amide bonds. The van der Waals surface area contributed by atoms with E-state index in [9.17, 15) is 4.79 Å². The third-order valence-corrected chi connectivity index (χ3v) is 5.08. The third-order valence-electron chi connectivity index (χ3n) is 3.68. The largest absolute Gasteiger partial charge is 0.353 e. The van der Waals surface area contributed by atoms with E-state index in [1.165, 1.54) is 25.0 Å². The van der Waals surface area contributed by atoms with Gasteiger partial charge in [0.2, 0.25) is 5.91 Å². The first-order valence-electron chi connectivity index (χ1n) is 6.29. The topological polar surface area (TPSA) is 55.1 Å². The molecule has 0 aromatic heterocycles. The zero-order chi connectivity index (χ0) is 11.6. The van der Waals surface area contributed by atoms with E-state index in [2.05, 4.69) is 5.32 Å². The maximum atomic E-state index is 11.9. The van der Waals surface area contributed by atoms with Crippen molar-refractivity contribution in [2.24, 2.45) is 11.7 Å². The van der Waals surface area contributed by atoms with Crippen LogP contribution in [0.4, 0.5) is 0 Å². The molecule has 0 aromatic rings. The van der Waals surface area contributed by atoms with Crippen molar-refractivity contribution in [3.63, 3.8) is 0 Å². The van der Waals surface area contributed by atoms with Crippen molar-refractivity contribution in [2.75, 3.05) is 12.3 Å². The van der Waals surface area contributed by atoms with E-state index in [1.54, 1.807) is 0 Å². The first kappa shape index (κ1) is 12.2. The molecule has 0 bridgehead atoms. The molecule has 2 fully saturated rings. The van der Waals surface area contributed by atoms with Crippen LogP contribution in [0.1, 0.15) is 39.0 Å². The minimum absolute atomic E-state index is 0.0428. The lowest BCUT2D eigenvalue weighted by Gasteiger charge is -2.26. The number of nitrogens with two attached hydrogens (primary N) is 1. The second-order valence-electron chi connectivity index (χ2n) is 5.26. The molecule has 1 saturated heterocycles. The highest BCUT2D eigenvalue weighted by molar-refractivity contribution is 7.99. The second-order valence-corrected chi connectivity index (χ2v) is 6.66. The normalized spacial score (nSPS) is 29.5. The fraction of sp³-hybridized carbons (Fsp3) is 0.917. The van der Waals surface area contributed by atoms with E-state index in [0.29, 0.717) is 11.2 Å². The SMILES string of the molecule is CC(N)(C(=O)NCC1CCCCS1)C1CC1. The standard InChI is InChI=1S/C12H22N2OS/c1-12(13,9-5-6-9)11(15)14-8-10-4-2-3-7-16-10/h9-10H,2-8,13H2,1H3,(H,14,15). The molecule has 3 N–H and O–H groups in total. The minimum Gasteiger partial charge on any atom is -0.353 e. The van der Waals surface area contributed by atoms with E-state index in [4.69, 9.17) is 5.73 Å². The highest BCUT2D eigenvalue weighted by Crippen LogP contribution is 2.38. The molecule has 0 spiro atoms. The van der Waals surface area contributed by atoms with E-state index < -0.39 is 5.54 Å². The lowest BCUT2D eigenvalue weighted by Crippen LogP contribution is -2.54. The Balaban J connectivity index is 1.74. The van der Waals surface area contributed by atoms with Crippen molar-refractivity contribution in [1.82, 2.24) is 5.32 Å². The fourth-order valence-corrected chi connectivity index (χ4v) is 3.47. The zero-order valence-corrected chi connectivity index (χ0v) is 10.8. The molecular formula is C12H22N2OS. The number of rotatable bonds is 4. The summed E-state index contributed by atoms with van der Waals surface area (Å²) in [6.45, 7) is 2.66. The smallest absolute Gasteiger partial charge is 0.240 e. The van der Waals surface area contributed by atoms with Gasteiger partial charge in [0.15, 0.2) is 0 Å². The van der Waals surface area contributed by atoms with Gasteiger partial charge in [-0.05, 0) is 44.3 Å². The molecule has 16 heavy (non-hydrogen) atoms. The van der Waals surface area contributed by atoms with Crippen LogP contribution in [0.25, 0.3) is 0 Å². The van der Waals surface area contributed by atoms with Gasteiger partial charge < -0.3 is 11.1 Å². The van der Waals surface area contributed by atoms with Gasteiger partial charge in [-0.25, -0.2) is 0 Å². The Hall–Kier alpha value is -0.220. The van der Waals surface area contributed by atoms with Gasteiger partial charge >= 0.3 is 0 Å². The third kappa shape index (κ3) is 2.92. The Morgan fingerprint density at radius 1 is 1.44 bits per heavy atom. The van der Waals surface area contributed by atoms with Gasteiger partial charge in [0.1, 0.15) is 0 Å². The summed E-state index contributed by atoms with van der Waals surface area (Å²) in [5, 5.41) is 3.63. The van der Waals surface area contributed by atoms with E-state index >= 15 is 0 Å². The average Bonchev–Trinajstić information content (AvgIpc) is 3.11. The van der Waals surface area contributed by atoms with Crippen LogP contribution >= 0.6 is 11.8 Å². The van der Waals surface area contributed by atoms with E-state index in [-0.39, 0.29) is 5.91 Å². The Bertz CT molecular complexity index is 258. The summed E-state index contributed by atoms with van der Waals surface area (Å²) in [7, 11) is 0. The summed E-state index contributed by atoms with van der Waals surface area (Å²) in [5.41, 5.74) is 5.42. The van der Waals surface area contributed by atoms with Crippen LogP contribution in [0.3, 0.4) is 0 Å². The second kappa shape index (κ2) is 4.96. The van der Waals surface area contributed by atoms with Crippen molar-refractivity contribution in [1.29, 1.82) is 0 Å². The van der Waals surface area contributed by atoms with Gasteiger partial charge in [-0.15, -0.1) is 0 Å². The summed E-state index contributed by atoms with van der Waals surface area (Å²) in [5.74, 6) is 1.69. The molecular weight excluding hydrogens is 220 g/mol. The van der Waals surface area contributed by atoms with Gasteiger partial charge in [0, 0.05) is 11.8 Å². The van der Waals surface area contributed by atoms with Crippen molar-refractivity contribution >= 4 is 17.7 Å². The molecule has 1 aliphatic heterocycles. The maximum Gasteiger partial charge on any atom is 0.240 e. The Kier molecular flexibility index (Phi) is 3.80. The van der Waals surface area contributed by atoms with Gasteiger partial charge in [-0.2, -0.15) is 11.8 Å². The Morgan fingerprint density at radius 3 is 2.75 bits per heavy atom. The number of nitrogens with one attached hydrogen (secondary N) is 1. The summed E-state index contributed by atoms with van der Waals surface area (Å²) >= 11 is 1.98. The number of thioether (sulfide) groups is 1. The van der Waals surface area contributed by atoms with Crippen LogP contribution in [-0.4, -0.2) is 29.0 Å². The van der Waals surface area contributed by atoms with Crippen LogP contribution in [0.2, 0.25) is 0 Å². The van der Waals surface area contributed by atoms with Crippen molar-refractivity contribution < 1.29 is 4.79 Å². The number of amides is 1. The molecule has 4 heteroatoms. The van der Waals surface area contributed by atoms with Crippen LogP contribution in [0.5, 0.6) is 0 Å². The lowest BCUT2D eigenvalue weighted by molar-refractivity contribution is -0.126. The number of hydrogen-bond acceptors (Lipinski definition) is 3. The van der Waals surface area contributed by atoms with Gasteiger partial charge in [-0.1, -0.05) is 6.42 Å². The molecule has 3 nitrogen and oxygen atoms in total. The van der Waals surface area contributed by atoms with E-state index in [0.717, 1.165) is 19.4 Å². The van der Waals surface area contributed by atoms with Gasteiger partial charge in [0.05, 0.1) is 5.54 Å². The maximum absolute atomic E-state index is 11.9. The molecule has 1 aliphatic carbocycles. The van der Waals surface area contributed by atoms with Crippen LogP contribution in [-0.2, 0) is 4.79 Å². The number of carbonyl (C=O) groups is 1. The molecule has 1 saturated carbocycles. The first-order valence-corrected chi connectivity index (χ1v) is 7.34. The molecule has 2 rings (SSSR count). The molecule has 1 heterocycles. The van der Waals surface area contributed by atoms with Gasteiger partial charge in [0.25, 0.3) is 0 Å². The first-order chi connectivity index (χ1) is 7.60. The molecule has 0 aromatic carbocycles. The summed E-state index contributed by atoms with van der Waals surface area (Å²) < 4.78 is 0. The molecule has 0 radical (unpaired) electrons. The number of carbonyl (C=O) groups excluding carboxylic acids is 1. The Morgan fingerprint density at radius 2 is 2.19 bits per heavy atom. The molecule has 92 valence electrons. The fourth-order valence-electron chi connectivity index (χ4n) is 2.23. The molecule has 2 atom stereocenters. The minimum atomic E-state index is -0.640. The van der Waals surface area contributed by atoms with Crippen LogP contribution < -0.4 is 11.1 Å². The van der Waals surface area contributed by atoms with Crippen LogP contribution in [0.15, 0.2) is 0 Å². The summed E-state index contributed by atoms with van der Waals surface area (Å²) in [4.78, 5) is 11.9. The monoisotopic (exact) mass is 242 g/mol. The average molecular weight is 242 g/mol. The lowest BCUT2D eigenvalue weighted by atomic mass is 9.96. The molecule has 2 unspecified atom stereocenters. The van der Waals surface area contributed by atoms with Crippen molar-refractivity contribution in [3.05, 3.63) is 0 Å². The molecule has 2 aliphatic rings. The summed E-state index contributed by atoms with van der Waals surface area (Å²) in [6.07, 6.45) is 6.08.